The van der Waals surface area contributed by atoms with Crippen molar-refractivity contribution in [2.45, 2.75) is 19.9 Å². The highest BCUT2D eigenvalue weighted by Gasteiger charge is 2.08. The Hall–Kier alpha value is -2.41. The third-order valence-corrected chi connectivity index (χ3v) is 4.82. The number of aliphatic imine (C=N–C) groups is 1. The van der Waals surface area contributed by atoms with Crippen LogP contribution < -0.4 is 10.6 Å². The first-order chi connectivity index (χ1) is 13.4. The van der Waals surface area contributed by atoms with Gasteiger partial charge in [-0.1, -0.05) is 28.1 Å². The molecule has 0 saturated carbocycles. The number of nitrogens with one attached hydrogen (secondary N) is 2. The van der Waals surface area contributed by atoms with Crippen LogP contribution in [0.25, 0.3) is 0 Å². The minimum absolute atomic E-state index is 0.00891. The lowest BCUT2D eigenvalue weighted by Crippen LogP contribution is -2.38. The topological polar surface area (TPSA) is 56.7 Å². The lowest BCUT2D eigenvalue weighted by Gasteiger charge is -2.13. The molecule has 0 spiro atoms. The van der Waals surface area contributed by atoms with Gasteiger partial charge in [-0.3, -0.25) is 4.79 Å². The first-order valence-electron chi connectivity index (χ1n) is 9.17. The number of hydrogen-bond acceptors (Lipinski definition) is 2. The second kappa shape index (κ2) is 10.8. The van der Waals surface area contributed by atoms with Crippen molar-refractivity contribution in [3.63, 3.8) is 0 Å². The molecule has 7 heteroatoms. The Bertz CT molecular complexity index is 839. The number of benzene rings is 2. The number of guanidine groups is 1. The van der Waals surface area contributed by atoms with Crippen LogP contribution in [-0.4, -0.2) is 44.0 Å². The van der Waals surface area contributed by atoms with Crippen molar-refractivity contribution < 1.29 is 9.18 Å². The number of carbonyl (C=O) groups is 1. The molecule has 0 aliphatic rings. The van der Waals surface area contributed by atoms with Gasteiger partial charge in [-0.15, -0.1) is 0 Å². The summed E-state index contributed by atoms with van der Waals surface area (Å²) in [5.74, 6) is 0.378. The maximum Gasteiger partial charge on any atom is 0.253 e. The zero-order chi connectivity index (χ0) is 20.5. The molecular weight excluding hydrogens is 423 g/mol. The highest BCUT2D eigenvalue weighted by molar-refractivity contribution is 9.10. The number of rotatable bonds is 7. The predicted molar refractivity (Wildman–Crippen MR) is 115 cm³/mol. The van der Waals surface area contributed by atoms with Gasteiger partial charge in [-0.25, -0.2) is 9.38 Å². The first kappa shape index (κ1) is 21.9. The number of carbonyl (C=O) groups excluding carboxylic acids is 1. The molecular formula is C21H26BrFN4O. The fourth-order valence-electron chi connectivity index (χ4n) is 2.61. The third-order valence-electron chi connectivity index (χ3n) is 4.05. The number of nitrogens with zero attached hydrogens (tertiary/aromatic N) is 2. The number of halogens is 2. The zero-order valence-electron chi connectivity index (χ0n) is 16.4. The summed E-state index contributed by atoms with van der Waals surface area (Å²) in [4.78, 5) is 18.2. The summed E-state index contributed by atoms with van der Waals surface area (Å²) in [6.07, 6.45) is 0.753. The van der Waals surface area contributed by atoms with Gasteiger partial charge in [0.25, 0.3) is 5.91 Å². The normalized spacial score (nSPS) is 11.2. The molecule has 0 aliphatic carbocycles. The van der Waals surface area contributed by atoms with Gasteiger partial charge in [0.05, 0.1) is 6.54 Å². The predicted octanol–water partition coefficient (Wildman–Crippen LogP) is 3.59. The standard InChI is InChI=1S/C21H26BrFN4O/c1-4-24-21(26-14-17-13-18(23)8-9-19(17)22)25-11-10-15-6-5-7-16(12-15)20(28)27(2)3/h5-9,12-13H,4,10-11,14H2,1-3H3,(H2,24,25,26). The summed E-state index contributed by atoms with van der Waals surface area (Å²) >= 11 is 3.42. The van der Waals surface area contributed by atoms with Gasteiger partial charge >= 0.3 is 0 Å². The van der Waals surface area contributed by atoms with Crippen LogP contribution in [0, 0.1) is 5.82 Å². The highest BCUT2D eigenvalue weighted by atomic mass is 79.9. The van der Waals surface area contributed by atoms with Crippen LogP contribution in [0.4, 0.5) is 4.39 Å². The molecule has 2 aromatic carbocycles. The van der Waals surface area contributed by atoms with Crippen LogP contribution in [0.5, 0.6) is 0 Å². The third kappa shape index (κ3) is 6.64. The van der Waals surface area contributed by atoms with Gasteiger partial charge in [0.1, 0.15) is 5.82 Å². The van der Waals surface area contributed by atoms with E-state index in [9.17, 15) is 9.18 Å². The van der Waals surface area contributed by atoms with Gasteiger partial charge in [-0.2, -0.15) is 0 Å². The Balaban J connectivity index is 1.97. The fraction of sp³-hybridized carbons (Fsp3) is 0.333. The minimum atomic E-state index is -0.279. The highest BCUT2D eigenvalue weighted by Crippen LogP contribution is 2.18. The molecule has 0 radical (unpaired) electrons. The summed E-state index contributed by atoms with van der Waals surface area (Å²) in [6.45, 7) is 3.74. The van der Waals surface area contributed by atoms with Gasteiger partial charge < -0.3 is 15.5 Å². The van der Waals surface area contributed by atoms with E-state index >= 15 is 0 Å². The molecule has 0 aliphatic heterocycles. The monoisotopic (exact) mass is 448 g/mol. The summed E-state index contributed by atoms with van der Waals surface area (Å²) in [7, 11) is 3.49. The van der Waals surface area contributed by atoms with Crippen molar-refractivity contribution in [3.8, 4) is 0 Å². The van der Waals surface area contributed by atoms with Crippen molar-refractivity contribution in [3.05, 3.63) is 69.4 Å². The van der Waals surface area contributed by atoms with Crippen molar-refractivity contribution in [2.75, 3.05) is 27.2 Å². The van der Waals surface area contributed by atoms with Crippen molar-refractivity contribution in [1.29, 1.82) is 0 Å². The maximum absolute atomic E-state index is 13.4. The molecule has 0 aromatic heterocycles. The molecule has 2 rings (SSSR count). The summed E-state index contributed by atoms with van der Waals surface area (Å²) in [6, 6.07) is 12.2. The van der Waals surface area contributed by atoms with Crippen molar-refractivity contribution in [1.82, 2.24) is 15.5 Å². The second-order valence-electron chi connectivity index (χ2n) is 6.51. The lowest BCUT2D eigenvalue weighted by molar-refractivity contribution is 0.0827. The molecule has 0 unspecified atom stereocenters. The van der Waals surface area contributed by atoms with E-state index in [-0.39, 0.29) is 11.7 Å². The van der Waals surface area contributed by atoms with E-state index in [4.69, 9.17) is 0 Å². The van der Waals surface area contributed by atoms with Gasteiger partial charge in [0.2, 0.25) is 0 Å². The van der Waals surface area contributed by atoms with Crippen molar-refractivity contribution in [2.24, 2.45) is 4.99 Å². The molecule has 0 heterocycles. The Morgan fingerprint density at radius 1 is 1.18 bits per heavy atom. The zero-order valence-corrected chi connectivity index (χ0v) is 18.0. The molecule has 2 N–H and O–H groups in total. The van der Waals surface area contributed by atoms with Crippen LogP contribution >= 0.6 is 15.9 Å². The van der Waals surface area contributed by atoms with Crippen molar-refractivity contribution >= 4 is 27.8 Å². The SMILES string of the molecule is CCNC(=NCc1cc(F)ccc1Br)NCCc1cccc(C(=O)N(C)C)c1. The molecule has 1 amide bonds. The van der Waals surface area contributed by atoms with Crippen LogP contribution in [0.3, 0.4) is 0 Å². The number of amides is 1. The van der Waals surface area contributed by atoms with Crippen LogP contribution in [0.2, 0.25) is 0 Å². The van der Waals surface area contributed by atoms with E-state index in [1.807, 2.05) is 31.2 Å². The number of hydrogen-bond donors (Lipinski definition) is 2. The van der Waals surface area contributed by atoms with E-state index in [0.717, 1.165) is 28.6 Å². The maximum atomic E-state index is 13.4. The Kier molecular flexibility index (Phi) is 8.44. The molecule has 0 bridgehead atoms. The molecule has 0 saturated heterocycles. The molecule has 150 valence electrons. The Labute approximate surface area is 174 Å². The van der Waals surface area contributed by atoms with E-state index in [1.54, 1.807) is 25.1 Å². The van der Waals surface area contributed by atoms with E-state index in [2.05, 4.69) is 31.6 Å². The average Bonchev–Trinajstić information content (AvgIpc) is 2.68. The molecule has 5 nitrogen and oxygen atoms in total. The fourth-order valence-corrected chi connectivity index (χ4v) is 2.99. The lowest BCUT2D eigenvalue weighted by atomic mass is 10.1. The van der Waals surface area contributed by atoms with E-state index in [0.29, 0.717) is 24.6 Å². The van der Waals surface area contributed by atoms with Gasteiger partial charge in [0, 0.05) is 37.2 Å². The van der Waals surface area contributed by atoms with Crippen LogP contribution in [0.1, 0.15) is 28.4 Å². The molecule has 0 fully saturated rings. The first-order valence-corrected chi connectivity index (χ1v) is 9.96. The molecule has 28 heavy (non-hydrogen) atoms. The average molecular weight is 449 g/mol. The Morgan fingerprint density at radius 3 is 2.68 bits per heavy atom. The smallest absolute Gasteiger partial charge is 0.253 e. The summed E-state index contributed by atoms with van der Waals surface area (Å²) in [5, 5.41) is 6.47. The second-order valence-corrected chi connectivity index (χ2v) is 7.36. The van der Waals surface area contributed by atoms with Crippen LogP contribution in [-0.2, 0) is 13.0 Å². The molecule has 0 atom stereocenters. The van der Waals surface area contributed by atoms with Gasteiger partial charge in [-0.05, 0) is 54.8 Å². The summed E-state index contributed by atoms with van der Waals surface area (Å²) in [5.41, 5.74) is 2.54. The van der Waals surface area contributed by atoms with Crippen LogP contribution in [0.15, 0.2) is 51.9 Å². The minimum Gasteiger partial charge on any atom is -0.357 e. The van der Waals surface area contributed by atoms with E-state index in [1.165, 1.54) is 12.1 Å². The Morgan fingerprint density at radius 2 is 1.96 bits per heavy atom. The van der Waals surface area contributed by atoms with E-state index < -0.39 is 0 Å². The summed E-state index contributed by atoms with van der Waals surface area (Å²) < 4.78 is 14.3. The van der Waals surface area contributed by atoms with Gasteiger partial charge in [0.15, 0.2) is 5.96 Å². The quantitative estimate of drug-likeness (QED) is 0.502. The largest absolute Gasteiger partial charge is 0.357 e. The molecule has 2 aromatic rings.